The van der Waals surface area contributed by atoms with Crippen molar-refractivity contribution in [3.05, 3.63) is 42.0 Å². The van der Waals surface area contributed by atoms with Crippen LogP contribution in [0.4, 0.5) is 5.69 Å². The van der Waals surface area contributed by atoms with Crippen LogP contribution >= 0.6 is 12.4 Å². The second-order valence-corrected chi connectivity index (χ2v) is 5.73. The fraction of sp³-hybridized carbons (Fsp3) is 0.500. The number of amides is 1. The Labute approximate surface area is 140 Å². The summed E-state index contributed by atoms with van der Waals surface area (Å²) in [7, 11) is 0. The first-order valence-electron chi connectivity index (χ1n) is 7.90. The molecule has 1 N–H and O–H groups in total. The molecular weight excluding hydrogens is 296 g/mol. The van der Waals surface area contributed by atoms with Crippen molar-refractivity contribution in [2.45, 2.75) is 45.6 Å². The first-order valence-corrected chi connectivity index (χ1v) is 7.90. The highest BCUT2D eigenvalue weighted by Crippen LogP contribution is 2.30. The number of nitrogens with zero attached hydrogens (tertiary/aromatic N) is 1. The normalized spacial score (nSPS) is 16.4. The maximum absolute atomic E-state index is 11.9. The Bertz CT molecular complexity index is 516. The van der Waals surface area contributed by atoms with Crippen molar-refractivity contribution in [3.63, 3.8) is 0 Å². The molecule has 1 amide bonds. The largest absolute Gasteiger partial charge is 0.314 e. The summed E-state index contributed by atoms with van der Waals surface area (Å²) < 4.78 is 0. The van der Waals surface area contributed by atoms with Crippen LogP contribution in [0.5, 0.6) is 0 Å². The third kappa shape index (κ3) is 4.34. The predicted molar refractivity (Wildman–Crippen MR) is 96.0 cm³/mol. The smallest absolute Gasteiger partial charge is 0.224 e. The van der Waals surface area contributed by atoms with E-state index in [1.165, 1.54) is 17.5 Å². The van der Waals surface area contributed by atoms with E-state index >= 15 is 0 Å². The van der Waals surface area contributed by atoms with E-state index in [1.54, 1.807) is 13.0 Å². The van der Waals surface area contributed by atoms with Crippen molar-refractivity contribution >= 4 is 24.0 Å². The van der Waals surface area contributed by atoms with E-state index in [9.17, 15) is 4.79 Å². The Morgan fingerprint density at radius 1 is 1.50 bits per heavy atom. The Balaban J connectivity index is 0.00000242. The molecule has 0 saturated heterocycles. The van der Waals surface area contributed by atoms with Gasteiger partial charge in [-0.2, -0.15) is 0 Å². The van der Waals surface area contributed by atoms with Crippen molar-refractivity contribution in [1.82, 2.24) is 5.32 Å². The van der Waals surface area contributed by atoms with Gasteiger partial charge in [-0.1, -0.05) is 25.1 Å². The van der Waals surface area contributed by atoms with Gasteiger partial charge in [-0.3, -0.25) is 4.79 Å². The number of anilines is 1. The molecule has 0 bridgehead atoms. The highest BCUT2D eigenvalue weighted by atomic mass is 35.5. The minimum Gasteiger partial charge on any atom is -0.314 e. The molecule has 0 fully saturated rings. The van der Waals surface area contributed by atoms with Crippen molar-refractivity contribution in [1.29, 1.82) is 0 Å². The lowest BCUT2D eigenvalue weighted by Crippen LogP contribution is -2.36. The summed E-state index contributed by atoms with van der Waals surface area (Å²) in [6.45, 7) is 9.23. The number of hydrogen-bond donors (Lipinski definition) is 1. The summed E-state index contributed by atoms with van der Waals surface area (Å²) in [5.74, 6) is 0.0783. The van der Waals surface area contributed by atoms with Crippen molar-refractivity contribution in [3.8, 4) is 0 Å². The molecule has 1 aliphatic carbocycles. The molecule has 4 heteroatoms. The average molecular weight is 323 g/mol. The number of halogens is 1. The van der Waals surface area contributed by atoms with Crippen molar-refractivity contribution in [2.75, 3.05) is 18.0 Å². The summed E-state index contributed by atoms with van der Waals surface area (Å²) in [5.41, 5.74) is 3.78. The lowest BCUT2D eigenvalue weighted by Gasteiger charge is -2.30. The summed E-state index contributed by atoms with van der Waals surface area (Å²) in [5, 5.41) is 3.61. The molecule has 1 aromatic carbocycles. The molecular formula is C18H27ClN2O. The fourth-order valence-corrected chi connectivity index (χ4v) is 3.09. The van der Waals surface area contributed by atoms with Crippen LogP contribution in [0.1, 0.15) is 37.8 Å². The number of hydrogen-bond acceptors (Lipinski definition) is 2. The molecule has 3 nitrogen and oxygen atoms in total. The Morgan fingerprint density at radius 3 is 2.91 bits per heavy atom. The number of nitrogens with one attached hydrogen (secondary N) is 1. The van der Waals surface area contributed by atoms with Gasteiger partial charge < -0.3 is 10.2 Å². The third-order valence-corrected chi connectivity index (χ3v) is 4.12. The van der Waals surface area contributed by atoms with Crippen LogP contribution in [0, 0.1) is 0 Å². The molecule has 0 radical (unpaired) electrons. The molecule has 1 aliphatic rings. The zero-order valence-corrected chi connectivity index (χ0v) is 14.4. The molecule has 22 heavy (non-hydrogen) atoms. The number of carbonyl (C=O) groups is 1. The molecule has 1 atom stereocenters. The molecule has 0 heterocycles. The maximum atomic E-state index is 11.9. The van der Waals surface area contributed by atoms with E-state index in [2.05, 4.69) is 37.0 Å². The first-order chi connectivity index (χ1) is 10.2. The van der Waals surface area contributed by atoms with E-state index in [0.717, 1.165) is 31.5 Å². The van der Waals surface area contributed by atoms with Gasteiger partial charge in [0.25, 0.3) is 0 Å². The summed E-state index contributed by atoms with van der Waals surface area (Å²) in [4.78, 5) is 13.7. The van der Waals surface area contributed by atoms with Gasteiger partial charge in [0.1, 0.15) is 0 Å². The Kier molecular flexibility index (Phi) is 7.63. The molecule has 1 aromatic rings. The number of carbonyl (C=O) groups excluding carboxylic acids is 1. The molecule has 122 valence electrons. The van der Waals surface area contributed by atoms with Gasteiger partial charge in [0.2, 0.25) is 5.91 Å². The third-order valence-electron chi connectivity index (χ3n) is 4.12. The highest BCUT2D eigenvalue weighted by molar-refractivity contribution is 5.92. The van der Waals surface area contributed by atoms with Gasteiger partial charge >= 0.3 is 0 Å². The fourth-order valence-electron chi connectivity index (χ4n) is 3.09. The first kappa shape index (κ1) is 18.7. The van der Waals surface area contributed by atoms with Crippen molar-refractivity contribution in [2.24, 2.45) is 0 Å². The van der Waals surface area contributed by atoms with Gasteiger partial charge in [0.15, 0.2) is 0 Å². The molecule has 0 aromatic heterocycles. The van der Waals surface area contributed by atoms with Crippen LogP contribution in [0.25, 0.3) is 0 Å². The molecule has 0 aliphatic heterocycles. The van der Waals surface area contributed by atoms with Gasteiger partial charge in [0, 0.05) is 25.2 Å². The second-order valence-electron chi connectivity index (χ2n) is 5.73. The number of benzene rings is 1. The van der Waals surface area contributed by atoms with Gasteiger partial charge in [-0.25, -0.2) is 0 Å². The predicted octanol–water partition coefficient (Wildman–Crippen LogP) is 3.50. The SMILES string of the molecule is C=CCN(C(C)=O)c1cccc2c1CCC(NCCC)C2.Cl. The number of rotatable bonds is 6. The van der Waals surface area contributed by atoms with Crippen LogP contribution < -0.4 is 10.2 Å². The van der Waals surface area contributed by atoms with Gasteiger partial charge in [-0.15, -0.1) is 19.0 Å². The Hall–Kier alpha value is -1.32. The van der Waals surface area contributed by atoms with Crippen LogP contribution in [0.15, 0.2) is 30.9 Å². The lowest BCUT2D eigenvalue weighted by atomic mass is 9.86. The lowest BCUT2D eigenvalue weighted by molar-refractivity contribution is -0.116. The minimum absolute atomic E-state index is 0. The zero-order chi connectivity index (χ0) is 15.2. The van der Waals surface area contributed by atoms with Gasteiger partial charge in [0.05, 0.1) is 0 Å². The van der Waals surface area contributed by atoms with E-state index < -0.39 is 0 Å². The van der Waals surface area contributed by atoms with E-state index in [4.69, 9.17) is 0 Å². The monoisotopic (exact) mass is 322 g/mol. The minimum atomic E-state index is 0. The standard InChI is InChI=1S/C18H26N2O.ClH/c1-4-11-19-16-9-10-17-15(13-16)7-6-8-18(17)20(12-5-2)14(3)21;/h5-8,16,19H,2,4,9-13H2,1,3H3;1H. The molecule has 0 saturated carbocycles. The quantitative estimate of drug-likeness (QED) is 0.813. The summed E-state index contributed by atoms with van der Waals surface area (Å²) >= 11 is 0. The van der Waals surface area contributed by atoms with Crippen molar-refractivity contribution < 1.29 is 4.79 Å². The summed E-state index contributed by atoms with van der Waals surface area (Å²) in [6.07, 6.45) is 6.19. The topological polar surface area (TPSA) is 32.3 Å². The van der Waals surface area contributed by atoms with E-state index in [-0.39, 0.29) is 18.3 Å². The van der Waals surface area contributed by atoms with E-state index in [0.29, 0.717) is 12.6 Å². The molecule has 2 rings (SSSR count). The summed E-state index contributed by atoms with van der Waals surface area (Å²) in [6, 6.07) is 6.89. The van der Waals surface area contributed by atoms with Crippen LogP contribution in [-0.2, 0) is 17.6 Å². The second kappa shape index (κ2) is 8.96. The highest BCUT2D eigenvalue weighted by Gasteiger charge is 2.23. The van der Waals surface area contributed by atoms with Crippen LogP contribution in [0.2, 0.25) is 0 Å². The van der Waals surface area contributed by atoms with Crippen LogP contribution in [0.3, 0.4) is 0 Å². The van der Waals surface area contributed by atoms with E-state index in [1.807, 2.05) is 4.90 Å². The average Bonchev–Trinajstić information content (AvgIpc) is 2.49. The maximum Gasteiger partial charge on any atom is 0.224 e. The Morgan fingerprint density at radius 2 is 2.27 bits per heavy atom. The number of fused-ring (bicyclic) bond motifs is 1. The van der Waals surface area contributed by atoms with Crippen LogP contribution in [-0.4, -0.2) is 25.0 Å². The van der Waals surface area contributed by atoms with Gasteiger partial charge in [-0.05, 0) is 49.4 Å². The molecule has 0 spiro atoms. The zero-order valence-electron chi connectivity index (χ0n) is 13.6. The molecule has 1 unspecified atom stereocenters.